The molecule has 1 atom stereocenters. The molecule has 0 spiro atoms. The number of hydrogen-bond acceptors (Lipinski definition) is 6. The summed E-state index contributed by atoms with van der Waals surface area (Å²) in [5.74, 6) is 1.74. The van der Waals surface area contributed by atoms with Crippen LogP contribution in [0.15, 0.2) is 42.5 Å². The van der Waals surface area contributed by atoms with Crippen molar-refractivity contribution in [2.75, 3.05) is 34.4 Å². The van der Waals surface area contributed by atoms with Crippen LogP contribution in [0.3, 0.4) is 0 Å². The smallest absolute Gasteiger partial charge is 0.236 e. The minimum Gasteiger partial charge on any atom is -0.497 e. The third kappa shape index (κ3) is 4.27. The van der Waals surface area contributed by atoms with Crippen molar-refractivity contribution in [2.24, 2.45) is 0 Å². The summed E-state index contributed by atoms with van der Waals surface area (Å²) in [5.41, 5.74) is 2.07. The molecule has 158 valence electrons. The van der Waals surface area contributed by atoms with E-state index in [1.807, 2.05) is 43.4 Å². The van der Waals surface area contributed by atoms with E-state index in [0.717, 1.165) is 51.7 Å². The molecule has 4 rings (SSSR count). The number of amides is 1. The summed E-state index contributed by atoms with van der Waals surface area (Å²) in [6, 6.07) is 14.1. The van der Waals surface area contributed by atoms with Gasteiger partial charge in [0.2, 0.25) is 5.91 Å². The molecule has 7 heteroatoms. The normalized spacial score (nSPS) is 16.7. The van der Waals surface area contributed by atoms with Gasteiger partial charge in [0.25, 0.3) is 0 Å². The average molecular weight is 426 g/mol. The van der Waals surface area contributed by atoms with Gasteiger partial charge in [-0.3, -0.25) is 9.69 Å². The predicted molar refractivity (Wildman–Crippen MR) is 119 cm³/mol. The third-order valence-electron chi connectivity index (χ3n) is 5.63. The second-order valence-electron chi connectivity index (χ2n) is 7.56. The summed E-state index contributed by atoms with van der Waals surface area (Å²) in [6.45, 7) is 1.80. The van der Waals surface area contributed by atoms with Crippen molar-refractivity contribution in [2.45, 2.75) is 25.4 Å². The van der Waals surface area contributed by atoms with Crippen LogP contribution in [0.2, 0.25) is 0 Å². The van der Waals surface area contributed by atoms with Crippen LogP contribution in [0.1, 0.15) is 29.5 Å². The zero-order valence-corrected chi connectivity index (χ0v) is 18.4. The number of rotatable bonds is 7. The molecule has 1 saturated heterocycles. The number of carbonyl (C=O) groups is 1. The second-order valence-corrected chi connectivity index (χ2v) is 8.68. The second kappa shape index (κ2) is 9.02. The lowest BCUT2D eigenvalue weighted by Crippen LogP contribution is -2.37. The van der Waals surface area contributed by atoms with Gasteiger partial charge in [-0.2, -0.15) is 0 Å². The number of aromatic nitrogens is 1. The molecule has 1 aliphatic rings. The van der Waals surface area contributed by atoms with Crippen LogP contribution in [0.25, 0.3) is 10.2 Å². The number of benzene rings is 2. The molecular weight excluding hydrogens is 398 g/mol. The van der Waals surface area contributed by atoms with E-state index in [4.69, 9.17) is 9.47 Å². The maximum atomic E-state index is 13.0. The molecule has 1 fully saturated rings. The molecule has 3 aromatic rings. The molecule has 0 saturated carbocycles. The summed E-state index contributed by atoms with van der Waals surface area (Å²) >= 11 is 1.64. The molecule has 1 aromatic heterocycles. The van der Waals surface area contributed by atoms with Crippen LogP contribution in [-0.4, -0.2) is 55.0 Å². The number of likely N-dealkylation sites (N-methyl/N-ethyl adjacent to an activating group) is 1. The first-order chi connectivity index (χ1) is 14.6. The van der Waals surface area contributed by atoms with E-state index in [0.29, 0.717) is 13.1 Å². The fourth-order valence-corrected chi connectivity index (χ4v) is 5.06. The molecule has 0 aliphatic carbocycles. The molecule has 0 radical (unpaired) electrons. The van der Waals surface area contributed by atoms with Crippen molar-refractivity contribution in [3.63, 3.8) is 0 Å². The number of carbonyl (C=O) groups excluding carboxylic acids is 1. The fourth-order valence-electron chi connectivity index (χ4n) is 4.04. The van der Waals surface area contributed by atoms with Gasteiger partial charge in [0, 0.05) is 18.7 Å². The van der Waals surface area contributed by atoms with Crippen molar-refractivity contribution in [3.05, 3.63) is 53.0 Å². The monoisotopic (exact) mass is 425 g/mol. The maximum Gasteiger partial charge on any atom is 0.236 e. The van der Waals surface area contributed by atoms with Gasteiger partial charge in [-0.05, 0) is 49.7 Å². The number of nitrogens with zero attached hydrogens (tertiary/aromatic N) is 3. The molecule has 1 amide bonds. The van der Waals surface area contributed by atoms with E-state index >= 15 is 0 Å². The maximum absolute atomic E-state index is 13.0. The first kappa shape index (κ1) is 20.6. The lowest BCUT2D eigenvalue weighted by atomic mass is 10.0. The van der Waals surface area contributed by atoms with Gasteiger partial charge in [0.1, 0.15) is 16.5 Å². The number of fused-ring (bicyclic) bond motifs is 1. The highest BCUT2D eigenvalue weighted by Gasteiger charge is 2.31. The lowest BCUT2D eigenvalue weighted by Gasteiger charge is -2.27. The molecule has 0 unspecified atom stereocenters. The van der Waals surface area contributed by atoms with Gasteiger partial charge in [-0.1, -0.05) is 12.1 Å². The Morgan fingerprint density at radius 1 is 1.23 bits per heavy atom. The van der Waals surface area contributed by atoms with E-state index in [9.17, 15) is 4.79 Å². The molecule has 30 heavy (non-hydrogen) atoms. The van der Waals surface area contributed by atoms with E-state index in [1.165, 1.54) is 0 Å². The average Bonchev–Trinajstić information content (AvgIpc) is 3.39. The number of methoxy groups -OCH3 is 2. The summed E-state index contributed by atoms with van der Waals surface area (Å²) in [7, 11) is 5.20. The fraction of sp³-hybridized carbons (Fsp3) is 0.391. The van der Waals surface area contributed by atoms with Gasteiger partial charge in [-0.25, -0.2) is 4.98 Å². The van der Waals surface area contributed by atoms with E-state index < -0.39 is 0 Å². The van der Waals surface area contributed by atoms with Crippen LogP contribution < -0.4 is 9.47 Å². The number of likely N-dealkylation sites (tertiary alicyclic amines) is 1. The highest BCUT2D eigenvalue weighted by atomic mass is 32.1. The summed E-state index contributed by atoms with van der Waals surface area (Å²) in [4.78, 5) is 21.6. The van der Waals surface area contributed by atoms with E-state index in [2.05, 4.69) is 16.0 Å². The van der Waals surface area contributed by atoms with Crippen molar-refractivity contribution >= 4 is 27.5 Å². The van der Waals surface area contributed by atoms with E-state index in [1.54, 1.807) is 30.5 Å². The highest BCUT2D eigenvalue weighted by molar-refractivity contribution is 7.18. The Labute approximate surface area is 181 Å². The minimum absolute atomic E-state index is 0.100. The minimum atomic E-state index is 0.100. The molecule has 1 aliphatic heterocycles. The molecule has 0 bridgehead atoms. The first-order valence-corrected chi connectivity index (χ1v) is 10.9. The van der Waals surface area contributed by atoms with Crippen molar-refractivity contribution in [1.29, 1.82) is 0 Å². The molecule has 2 aromatic carbocycles. The Kier molecular flexibility index (Phi) is 6.20. The van der Waals surface area contributed by atoms with Crippen molar-refractivity contribution < 1.29 is 14.3 Å². The summed E-state index contributed by atoms with van der Waals surface area (Å²) in [5, 5.41) is 0.958. The van der Waals surface area contributed by atoms with Crippen molar-refractivity contribution in [3.8, 4) is 11.5 Å². The standard InChI is InChI=1S/C23H27N3O3S/c1-25(14-22-24-18-7-4-5-9-21(18)30-22)23(27)15-26-12-6-8-19(26)17-13-16(28-2)10-11-20(17)29-3/h4-5,7,9-11,13,19H,6,8,12,14-15H2,1-3H3/t19-/m1/s1. The third-order valence-corrected chi connectivity index (χ3v) is 6.66. The summed E-state index contributed by atoms with van der Waals surface area (Å²) < 4.78 is 12.1. The van der Waals surface area contributed by atoms with Gasteiger partial charge in [0.05, 0.1) is 37.5 Å². The Morgan fingerprint density at radius 3 is 2.83 bits per heavy atom. The van der Waals surface area contributed by atoms with Crippen LogP contribution in [-0.2, 0) is 11.3 Å². The van der Waals surface area contributed by atoms with Gasteiger partial charge in [-0.15, -0.1) is 11.3 Å². The molecule has 6 nitrogen and oxygen atoms in total. The summed E-state index contributed by atoms with van der Waals surface area (Å²) in [6.07, 6.45) is 2.05. The number of thiazole rings is 1. The quantitative estimate of drug-likeness (QED) is 0.570. The SMILES string of the molecule is COc1ccc(OC)c([C@H]2CCCN2CC(=O)N(C)Cc2nc3ccccc3s2)c1. The Morgan fingerprint density at radius 2 is 2.07 bits per heavy atom. The Hall–Kier alpha value is -2.64. The lowest BCUT2D eigenvalue weighted by molar-refractivity contribution is -0.131. The topological polar surface area (TPSA) is 54.9 Å². The van der Waals surface area contributed by atoms with Crippen LogP contribution in [0.4, 0.5) is 0 Å². The number of para-hydroxylation sites is 1. The Balaban J connectivity index is 1.45. The first-order valence-electron chi connectivity index (χ1n) is 10.1. The number of ether oxygens (including phenoxy) is 2. The largest absolute Gasteiger partial charge is 0.497 e. The van der Waals surface area contributed by atoms with Crippen LogP contribution >= 0.6 is 11.3 Å². The Bertz CT molecular complexity index is 1000. The molecule has 0 N–H and O–H groups in total. The van der Waals surface area contributed by atoms with Gasteiger partial charge in [0.15, 0.2) is 0 Å². The zero-order valence-electron chi connectivity index (χ0n) is 17.6. The highest BCUT2D eigenvalue weighted by Crippen LogP contribution is 2.38. The van der Waals surface area contributed by atoms with Crippen molar-refractivity contribution in [1.82, 2.24) is 14.8 Å². The number of hydrogen-bond donors (Lipinski definition) is 0. The van der Waals surface area contributed by atoms with E-state index in [-0.39, 0.29) is 11.9 Å². The van der Waals surface area contributed by atoms with Gasteiger partial charge < -0.3 is 14.4 Å². The molecular formula is C23H27N3O3S. The predicted octanol–water partition coefficient (Wildman–Crippen LogP) is 4.11. The zero-order chi connectivity index (χ0) is 21.1. The van der Waals surface area contributed by atoms with Crippen LogP contribution in [0.5, 0.6) is 11.5 Å². The van der Waals surface area contributed by atoms with Crippen LogP contribution in [0, 0.1) is 0 Å². The van der Waals surface area contributed by atoms with Gasteiger partial charge >= 0.3 is 0 Å². The molecule has 2 heterocycles.